The largest absolute Gasteiger partial charge is 0.354 e. The van der Waals surface area contributed by atoms with E-state index in [0.29, 0.717) is 18.2 Å². The van der Waals surface area contributed by atoms with Gasteiger partial charge in [0.25, 0.3) is 5.91 Å². The van der Waals surface area contributed by atoms with Crippen LogP contribution in [0.15, 0.2) is 66.7 Å². The van der Waals surface area contributed by atoms with E-state index in [1.807, 2.05) is 42.3 Å². The molecule has 0 unspecified atom stereocenters. The van der Waals surface area contributed by atoms with Crippen molar-refractivity contribution in [2.45, 2.75) is 6.54 Å². The number of nitrogens with zero attached hydrogens (tertiary/aromatic N) is 3. The highest BCUT2D eigenvalue weighted by atomic mass is 19.1. The second kappa shape index (κ2) is 7.53. The van der Waals surface area contributed by atoms with Crippen molar-refractivity contribution < 1.29 is 9.18 Å². The molecule has 1 heterocycles. The maximum Gasteiger partial charge on any atom is 0.256 e. The molecule has 1 amide bonds. The van der Waals surface area contributed by atoms with Gasteiger partial charge in [-0.05, 0) is 35.9 Å². The summed E-state index contributed by atoms with van der Waals surface area (Å²) in [4.78, 5) is 14.0. The summed E-state index contributed by atoms with van der Waals surface area (Å²) in [6, 6.07) is 18.9. The predicted octanol–water partition coefficient (Wildman–Crippen LogP) is 3.50. The molecule has 2 aromatic carbocycles. The van der Waals surface area contributed by atoms with Gasteiger partial charge in [0.05, 0.1) is 0 Å². The SMILES string of the molecule is CN(Cc1ccccc1)c1ccc(NC(=O)c2cccc(F)c2)nn1. The number of benzene rings is 2. The maximum absolute atomic E-state index is 13.2. The summed E-state index contributed by atoms with van der Waals surface area (Å²) < 4.78 is 13.2. The fourth-order valence-electron chi connectivity index (χ4n) is 2.35. The van der Waals surface area contributed by atoms with E-state index in [1.165, 1.54) is 24.3 Å². The first-order chi connectivity index (χ1) is 12.1. The van der Waals surface area contributed by atoms with Gasteiger partial charge in [-0.2, -0.15) is 0 Å². The summed E-state index contributed by atoms with van der Waals surface area (Å²) in [5, 5.41) is 10.7. The minimum absolute atomic E-state index is 0.229. The van der Waals surface area contributed by atoms with Crippen LogP contribution in [0.25, 0.3) is 0 Å². The minimum Gasteiger partial charge on any atom is -0.354 e. The van der Waals surface area contributed by atoms with Gasteiger partial charge >= 0.3 is 0 Å². The number of nitrogens with one attached hydrogen (secondary N) is 1. The number of anilines is 2. The fraction of sp³-hybridized carbons (Fsp3) is 0.105. The lowest BCUT2D eigenvalue weighted by molar-refractivity contribution is 0.102. The van der Waals surface area contributed by atoms with Crippen LogP contribution in [0.5, 0.6) is 0 Å². The topological polar surface area (TPSA) is 58.1 Å². The van der Waals surface area contributed by atoms with Gasteiger partial charge in [-0.25, -0.2) is 4.39 Å². The average molecular weight is 336 g/mol. The molecular weight excluding hydrogens is 319 g/mol. The molecule has 0 aliphatic heterocycles. The Balaban J connectivity index is 1.64. The van der Waals surface area contributed by atoms with Crippen LogP contribution in [0.2, 0.25) is 0 Å². The van der Waals surface area contributed by atoms with Crippen LogP contribution >= 0.6 is 0 Å². The molecule has 126 valence electrons. The molecular formula is C19H17FN4O. The van der Waals surface area contributed by atoms with Crippen molar-refractivity contribution in [3.8, 4) is 0 Å². The third-order valence-corrected chi connectivity index (χ3v) is 3.63. The lowest BCUT2D eigenvalue weighted by Gasteiger charge is -2.17. The van der Waals surface area contributed by atoms with Crippen LogP contribution in [0, 0.1) is 5.82 Å². The Kier molecular flexibility index (Phi) is 4.99. The van der Waals surface area contributed by atoms with E-state index < -0.39 is 11.7 Å². The van der Waals surface area contributed by atoms with Crippen LogP contribution in [-0.2, 0) is 6.54 Å². The second-order valence-corrected chi connectivity index (χ2v) is 5.58. The molecule has 0 bridgehead atoms. The second-order valence-electron chi connectivity index (χ2n) is 5.58. The summed E-state index contributed by atoms with van der Waals surface area (Å²) in [7, 11) is 1.92. The number of hydrogen-bond acceptors (Lipinski definition) is 4. The molecule has 6 heteroatoms. The molecule has 3 rings (SSSR count). The zero-order chi connectivity index (χ0) is 17.6. The molecule has 1 N–H and O–H groups in total. The van der Waals surface area contributed by atoms with Crippen LogP contribution < -0.4 is 10.2 Å². The molecule has 0 aliphatic carbocycles. The highest BCUT2D eigenvalue weighted by Crippen LogP contribution is 2.14. The van der Waals surface area contributed by atoms with Crippen LogP contribution in [0.3, 0.4) is 0 Å². The molecule has 0 radical (unpaired) electrons. The molecule has 0 saturated heterocycles. The number of carbonyl (C=O) groups excluding carboxylic acids is 1. The van der Waals surface area contributed by atoms with E-state index in [1.54, 1.807) is 12.1 Å². The van der Waals surface area contributed by atoms with Crippen LogP contribution in [0.4, 0.5) is 16.0 Å². The van der Waals surface area contributed by atoms with E-state index in [-0.39, 0.29) is 5.56 Å². The first kappa shape index (κ1) is 16.6. The van der Waals surface area contributed by atoms with Crippen molar-refractivity contribution in [3.05, 3.63) is 83.7 Å². The van der Waals surface area contributed by atoms with Gasteiger partial charge in [-0.3, -0.25) is 4.79 Å². The molecule has 25 heavy (non-hydrogen) atoms. The Morgan fingerprint density at radius 1 is 1.04 bits per heavy atom. The molecule has 0 spiro atoms. The number of carbonyl (C=O) groups is 1. The molecule has 0 atom stereocenters. The zero-order valence-corrected chi connectivity index (χ0v) is 13.7. The lowest BCUT2D eigenvalue weighted by atomic mass is 10.2. The van der Waals surface area contributed by atoms with Gasteiger partial charge in [0.2, 0.25) is 0 Å². The van der Waals surface area contributed by atoms with E-state index in [2.05, 4.69) is 15.5 Å². The summed E-state index contributed by atoms with van der Waals surface area (Å²) >= 11 is 0. The Hall–Kier alpha value is -3.28. The normalized spacial score (nSPS) is 10.3. The van der Waals surface area contributed by atoms with E-state index >= 15 is 0 Å². The highest BCUT2D eigenvalue weighted by molar-refractivity contribution is 6.03. The monoisotopic (exact) mass is 336 g/mol. The Labute approximate surface area is 145 Å². The number of hydrogen-bond donors (Lipinski definition) is 1. The quantitative estimate of drug-likeness (QED) is 0.775. The third kappa shape index (κ3) is 4.38. The summed E-state index contributed by atoms with van der Waals surface area (Å²) in [6.07, 6.45) is 0. The zero-order valence-electron chi connectivity index (χ0n) is 13.7. The Bertz CT molecular complexity index is 853. The van der Waals surface area contributed by atoms with Gasteiger partial charge in [0, 0.05) is 19.2 Å². The van der Waals surface area contributed by atoms with Gasteiger partial charge in [0.15, 0.2) is 11.6 Å². The number of amides is 1. The van der Waals surface area contributed by atoms with Crippen molar-refractivity contribution in [2.24, 2.45) is 0 Å². The lowest BCUT2D eigenvalue weighted by Crippen LogP contribution is -2.19. The van der Waals surface area contributed by atoms with Crippen molar-refractivity contribution in [2.75, 3.05) is 17.3 Å². The van der Waals surface area contributed by atoms with E-state index in [4.69, 9.17) is 0 Å². The predicted molar refractivity (Wildman–Crippen MR) is 94.9 cm³/mol. The third-order valence-electron chi connectivity index (χ3n) is 3.63. The molecule has 1 aromatic heterocycles. The molecule has 0 fully saturated rings. The smallest absolute Gasteiger partial charge is 0.256 e. The number of aromatic nitrogens is 2. The van der Waals surface area contributed by atoms with Crippen LogP contribution in [0.1, 0.15) is 15.9 Å². The first-order valence-corrected chi connectivity index (χ1v) is 7.77. The Morgan fingerprint density at radius 2 is 1.84 bits per heavy atom. The minimum atomic E-state index is -0.461. The number of rotatable bonds is 5. The van der Waals surface area contributed by atoms with Crippen LogP contribution in [-0.4, -0.2) is 23.2 Å². The van der Waals surface area contributed by atoms with Crippen molar-refractivity contribution in [1.29, 1.82) is 0 Å². The first-order valence-electron chi connectivity index (χ1n) is 7.77. The van der Waals surface area contributed by atoms with Gasteiger partial charge < -0.3 is 10.2 Å². The van der Waals surface area contributed by atoms with E-state index in [0.717, 1.165) is 5.56 Å². The van der Waals surface area contributed by atoms with Gasteiger partial charge in [0.1, 0.15) is 5.82 Å². The summed E-state index contributed by atoms with van der Waals surface area (Å²) in [5.41, 5.74) is 1.39. The Morgan fingerprint density at radius 3 is 2.52 bits per heavy atom. The average Bonchev–Trinajstić information content (AvgIpc) is 2.63. The van der Waals surface area contributed by atoms with E-state index in [9.17, 15) is 9.18 Å². The number of halogens is 1. The molecule has 5 nitrogen and oxygen atoms in total. The van der Waals surface area contributed by atoms with Crippen molar-refractivity contribution in [3.63, 3.8) is 0 Å². The standard InChI is InChI=1S/C19H17FN4O/c1-24(13-14-6-3-2-4-7-14)18-11-10-17(22-23-18)21-19(25)15-8-5-9-16(20)12-15/h2-12H,13H2,1H3,(H,21,22,25). The van der Waals surface area contributed by atoms with Gasteiger partial charge in [-0.15, -0.1) is 10.2 Å². The molecule has 0 saturated carbocycles. The van der Waals surface area contributed by atoms with Gasteiger partial charge in [-0.1, -0.05) is 36.4 Å². The highest BCUT2D eigenvalue weighted by Gasteiger charge is 2.09. The fourth-order valence-corrected chi connectivity index (χ4v) is 2.35. The molecule has 0 aliphatic rings. The molecule has 3 aromatic rings. The van der Waals surface area contributed by atoms with Crippen molar-refractivity contribution in [1.82, 2.24) is 10.2 Å². The van der Waals surface area contributed by atoms with Crippen molar-refractivity contribution >= 4 is 17.5 Å². The summed E-state index contributed by atoms with van der Waals surface area (Å²) in [5.74, 6) is 0.106. The maximum atomic E-state index is 13.2. The summed E-state index contributed by atoms with van der Waals surface area (Å²) in [6.45, 7) is 0.699.